The van der Waals surface area contributed by atoms with E-state index in [1.54, 1.807) is 0 Å². The van der Waals surface area contributed by atoms with Gasteiger partial charge >= 0.3 is 0 Å². The van der Waals surface area contributed by atoms with Crippen molar-refractivity contribution in [3.8, 4) is 5.75 Å². The molecule has 1 atom stereocenters. The van der Waals surface area contributed by atoms with E-state index in [9.17, 15) is 4.79 Å². The van der Waals surface area contributed by atoms with Crippen LogP contribution in [0.3, 0.4) is 0 Å². The van der Waals surface area contributed by atoms with Crippen LogP contribution in [0.1, 0.15) is 19.3 Å². The third kappa shape index (κ3) is 3.31. The van der Waals surface area contributed by atoms with Crippen molar-refractivity contribution in [1.82, 2.24) is 10.2 Å². The maximum absolute atomic E-state index is 12.0. The molecule has 20 heavy (non-hydrogen) atoms. The smallest absolute Gasteiger partial charge is 0.223 e. The fourth-order valence-corrected chi connectivity index (χ4v) is 3.19. The number of fused-ring (bicyclic) bond motifs is 3. The molecule has 3 saturated heterocycles. The first-order valence-electron chi connectivity index (χ1n) is 7.51. The lowest BCUT2D eigenvalue weighted by molar-refractivity contribution is -0.123. The predicted octanol–water partition coefficient (Wildman–Crippen LogP) is 1.67. The molecule has 1 aromatic rings. The number of para-hydroxylation sites is 1. The molecule has 1 amide bonds. The van der Waals surface area contributed by atoms with Crippen molar-refractivity contribution >= 4 is 5.91 Å². The number of ether oxygens (including phenoxy) is 1. The number of hydrogen-bond donors (Lipinski definition) is 1. The number of nitrogens with one attached hydrogen (secondary N) is 1. The van der Waals surface area contributed by atoms with Crippen LogP contribution >= 0.6 is 0 Å². The van der Waals surface area contributed by atoms with Gasteiger partial charge in [-0.15, -0.1) is 0 Å². The second-order valence-corrected chi connectivity index (χ2v) is 5.72. The second-order valence-electron chi connectivity index (χ2n) is 5.72. The van der Waals surface area contributed by atoms with Crippen molar-refractivity contribution in [2.45, 2.75) is 25.3 Å². The standard InChI is InChI=1S/C16H22N2O2/c19-16(8-11-20-14-4-2-1-3-5-14)17-15-12-18-9-6-13(15)7-10-18/h1-5,13,15H,6-12H2,(H,17,19). The highest BCUT2D eigenvalue weighted by molar-refractivity contribution is 5.76. The minimum atomic E-state index is 0.111. The van der Waals surface area contributed by atoms with Crippen LogP contribution in [0.2, 0.25) is 0 Å². The molecular formula is C16H22N2O2. The van der Waals surface area contributed by atoms with E-state index >= 15 is 0 Å². The molecule has 3 heterocycles. The number of carbonyl (C=O) groups excluding carboxylic acids is 1. The summed E-state index contributed by atoms with van der Waals surface area (Å²) in [5.41, 5.74) is 0. The van der Waals surface area contributed by atoms with Crippen LogP contribution in [0.5, 0.6) is 5.75 Å². The fraction of sp³-hybridized carbons (Fsp3) is 0.562. The lowest BCUT2D eigenvalue weighted by Crippen LogP contribution is -2.57. The third-order valence-electron chi connectivity index (χ3n) is 4.34. The average Bonchev–Trinajstić information content (AvgIpc) is 2.49. The maximum atomic E-state index is 12.0. The van der Waals surface area contributed by atoms with Gasteiger partial charge in [0.2, 0.25) is 5.91 Å². The Kier molecular flexibility index (Phi) is 4.21. The second kappa shape index (κ2) is 6.27. The van der Waals surface area contributed by atoms with Gasteiger partial charge in [0.15, 0.2) is 0 Å². The summed E-state index contributed by atoms with van der Waals surface area (Å²) in [7, 11) is 0. The van der Waals surface area contributed by atoms with E-state index in [2.05, 4.69) is 10.2 Å². The van der Waals surface area contributed by atoms with Gasteiger partial charge in [-0.1, -0.05) is 18.2 Å². The van der Waals surface area contributed by atoms with Gasteiger partial charge < -0.3 is 15.0 Å². The number of nitrogens with zero attached hydrogens (tertiary/aromatic N) is 1. The maximum Gasteiger partial charge on any atom is 0.223 e. The molecule has 1 aromatic carbocycles. The number of benzene rings is 1. The molecule has 4 nitrogen and oxygen atoms in total. The molecule has 0 saturated carbocycles. The summed E-state index contributed by atoms with van der Waals surface area (Å²) in [4.78, 5) is 14.4. The Morgan fingerprint density at radius 3 is 2.65 bits per heavy atom. The summed E-state index contributed by atoms with van der Waals surface area (Å²) in [5, 5.41) is 3.18. The highest BCUT2D eigenvalue weighted by Gasteiger charge is 2.34. The number of carbonyl (C=O) groups is 1. The largest absolute Gasteiger partial charge is 0.493 e. The predicted molar refractivity (Wildman–Crippen MR) is 77.6 cm³/mol. The van der Waals surface area contributed by atoms with E-state index in [0.717, 1.165) is 12.3 Å². The van der Waals surface area contributed by atoms with Crippen molar-refractivity contribution in [3.63, 3.8) is 0 Å². The minimum absolute atomic E-state index is 0.111. The van der Waals surface area contributed by atoms with Crippen LogP contribution in [-0.2, 0) is 4.79 Å². The molecule has 0 aliphatic carbocycles. The Labute approximate surface area is 120 Å². The van der Waals surface area contributed by atoms with Gasteiger partial charge in [0.05, 0.1) is 13.0 Å². The first-order chi connectivity index (χ1) is 9.81. The summed E-state index contributed by atoms with van der Waals surface area (Å²) < 4.78 is 5.56. The Balaban J connectivity index is 1.39. The summed E-state index contributed by atoms with van der Waals surface area (Å²) >= 11 is 0. The fourth-order valence-electron chi connectivity index (χ4n) is 3.19. The lowest BCUT2D eigenvalue weighted by atomic mass is 9.84. The molecule has 108 valence electrons. The van der Waals surface area contributed by atoms with Crippen molar-refractivity contribution in [1.29, 1.82) is 0 Å². The molecule has 1 unspecified atom stereocenters. The average molecular weight is 274 g/mol. The van der Waals surface area contributed by atoms with Gasteiger partial charge in [0.25, 0.3) is 0 Å². The molecule has 0 aromatic heterocycles. The number of rotatable bonds is 5. The monoisotopic (exact) mass is 274 g/mol. The van der Waals surface area contributed by atoms with Gasteiger partial charge in [-0.25, -0.2) is 0 Å². The van der Waals surface area contributed by atoms with Crippen LogP contribution in [0, 0.1) is 5.92 Å². The summed E-state index contributed by atoms with van der Waals surface area (Å²) in [6.45, 7) is 3.87. The molecule has 3 aliphatic rings. The van der Waals surface area contributed by atoms with Gasteiger partial charge in [0.1, 0.15) is 5.75 Å². The molecule has 3 fully saturated rings. The molecule has 4 heteroatoms. The quantitative estimate of drug-likeness (QED) is 0.888. The number of hydrogen-bond acceptors (Lipinski definition) is 3. The Morgan fingerprint density at radius 1 is 1.25 bits per heavy atom. The minimum Gasteiger partial charge on any atom is -0.493 e. The third-order valence-corrected chi connectivity index (χ3v) is 4.34. The van der Waals surface area contributed by atoms with Crippen LogP contribution < -0.4 is 10.1 Å². The van der Waals surface area contributed by atoms with Gasteiger partial charge in [0, 0.05) is 12.6 Å². The van der Waals surface area contributed by atoms with Gasteiger partial charge in [-0.05, 0) is 44.0 Å². The van der Waals surface area contributed by atoms with E-state index in [4.69, 9.17) is 4.74 Å². The zero-order valence-corrected chi connectivity index (χ0v) is 11.8. The van der Waals surface area contributed by atoms with E-state index in [1.807, 2.05) is 30.3 Å². The van der Waals surface area contributed by atoms with E-state index in [0.29, 0.717) is 25.0 Å². The van der Waals surface area contributed by atoms with E-state index in [-0.39, 0.29) is 5.91 Å². The lowest BCUT2D eigenvalue weighted by Gasteiger charge is -2.44. The summed E-state index contributed by atoms with van der Waals surface area (Å²) in [6.07, 6.45) is 2.88. The molecule has 1 N–H and O–H groups in total. The van der Waals surface area contributed by atoms with Crippen molar-refractivity contribution in [3.05, 3.63) is 30.3 Å². The Morgan fingerprint density at radius 2 is 2.00 bits per heavy atom. The SMILES string of the molecule is O=C(CCOc1ccccc1)NC1CN2CCC1CC2. The molecule has 0 spiro atoms. The number of piperidine rings is 3. The Hall–Kier alpha value is -1.55. The highest BCUT2D eigenvalue weighted by atomic mass is 16.5. The molecule has 4 rings (SSSR count). The first kappa shape index (κ1) is 13.4. The van der Waals surface area contributed by atoms with Crippen LogP contribution in [0.25, 0.3) is 0 Å². The molecule has 0 radical (unpaired) electrons. The van der Waals surface area contributed by atoms with Gasteiger partial charge in [-0.2, -0.15) is 0 Å². The summed E-state index contributed by atoms with van der Waals surface area (Å²) in [6, 6.07) is 9.98. The van der Waals surface area contributed by atoms with Crippen molar-refractivity contribution in [2.24, 2.45) is 5.92 Å². The first-order valence-corrected chi connectivity index (χ1v) is 7.51. The molecule has 2 bridgehead atoms. The van der Waals surface area contributed by atoms with Gasteiger partial charge in [-0.3, -0.25) is 4.79 Å². The molecule has 3 aliphatic heterocycles. The van der Waals surface area contributed by atoms with Crippen molar-refractivity contribution in [2.75, 3.05) is 26.2 Å². The normalized spacial score (nSPS) is 28.1. The highest BCUT2D eigenvalue weighted by Crippen LogP contribution is 2.27. The van der Waals surface area contributed by atoms with Crippen molar-refractivity contribution < 1.29 is 9.53 Å². The zero-order valence-electron chi connectivity index (χ0n) is 11.8. The van der Waals surface area contributed by atoms with E-state index in [1.165, 1.54) is 25.9 Å². The summed E-state index contributed by atoms with van der Waals surface area (Å²) in [5.74, 6) is 1.61. The zero-order chi connectivity index (χ0) is 13.8. The number of amides is 1. The van der Waals surface area contributed by atoms with Crippen LogP contribution in [-0.4, -0.2) is 43.1 Å². The molecular weight excluding hydrogens is 252 g/mol. The van der Waals surface area contributed by atoms with Crippen LogP contribution in [0.4, 0.5) is 0 Å². The topological polar surface area (TPSA) is 41.6 Å². The van der Waals surface area contributed by atoms with E-state index < -0.39 is 0 Å². The Bertz CT molecular complexity index is 441. The van der Waals surface area contributed by atoms with Crippen LogP contribution in [0.15, 0.2) is 30.3 Å².